The smallest absolute Gasteiger partial charge is 0.324 e. The number of imide groups is 1. The number of carbonyl (C=O) groups excluding carboxylic acids is 3. The molecule has 1 unspecified atom stereocenters. The maximum absolute atomic E-state index is 12.9. The number of hydrogen-bond acceptors (Lipinski definition) is 5. The average Bonchev–Trinajstić information content (AvgIpc) is 3.47. The molecule has 2 fully saturated rings. The van der Waals surface area contributed by atoms with Crippen LogP contribution in [0.25, 0.3) is 10.2 Å². The zero-order chi connectivity index (χ0) is 22.3. The van der Waals surface area contributed by atoms with Gasteiger partial charge in [-0.3, -0.25) is 9.59 Å². The molecule has 2 aliphatic rings. The van der Waals surface area contributed by atoms with E-state index in [1.165, 1.54) is 4.70 Å². The predicted octanol–water partition coefficient (Wildman–Crippen LogP) is 4.08. The number of thiazole rings is 1. The predicted molar refractivity (Wildman–Crippen MR) is 124 cm³/mol. The van der Waals surface area contributed by atoms with Crippen molar-refractivity contribution in [1.29, 1.82) is 0 Å². The van der Waals surface area contributed by atoms with Gasteiger partial charge in [0.1, 0.15) is 11.6 Å². The topological polar surface area (TPSA) is 91.4 Å². The van der Waals surface area contributed by atoms with E-state index in [4.69, 9.17) is 0 Å². The summed E-state index contributed by atoms with van der Waals surface area (Å²) in [6.45, 7) is 1.59. The largest absolute Gasteiger partial charge is 0.325 e. The number of hydrogen-bond donors (Lipinski definition) is 2. The van der Waals surface area contributed by atoms with Crippen LogP contribution in [0.5, 0.6) is 0 Å². The summed E-state index contributed by atoms with van der Waals surface area (Å²) in [7, 11) is 0. The number of amides is 4. The fourth-order valence-electron chi connectivity index (χ4n) is 4.55. The lowest BCUT2D eigenvalue weighted by molar-refractivity contribution is -0.136. The van der Waals surface area contributed by atoms with Crippen LogP contribution in [0.4, 0.5) is 10.5 Å². The second-order valence-corrected chi connectivity index (χ2v) is 9.62. The number of fused-ring (bicyclic) bond motifs is 1. The van der Waals surface area contributed by atoms with E-state index in [0.717, 1.165) is 33.8 Å². The van der Waals surface area contributed by atoms with Crippen LogP contribution in [0.2, 0.25) is 0 Å². The number of aromatic nitrogens is 1. The molecule has 2 heterocycles. The molecule has 164 valence electrons. The normalized spacial score (nSPS) is 18.3. The summed E-state index contributed by atoms with van der Waals surface area (Å²) < 4.78 is 1.17. The molecule has 2 aromatic carbocycles. The zero-order valence-electron chi connectivity index (χ0n) is 17.8. The van der Waals surface area contributed by atoms with Gasteiger partial charge >= 0.3 is 6.03 Å². The molecule has 2 N–H and O–H groups in total. The Kier molecular flexibility index (Phi) is 5.17. The molecule has 0 radical (unpaired) electrons. The van der Waals surface area contributed by atoms with Crippen molar-refractivity contribution < 1.29 is 14.4 Å². The molecule has 1 spiro atoms. The average molecular weight is 449 g/mol. The van der Waals surface area contributed by atoms with Crippen LogP contribution in [0.15, 0.2) is 48.5 Å². The lowest BCUT2D eigenvalue weighted by atomic mass is 9.97. The molecule has 4 amide bonds. The summed E-state index contributed by atoms with van der Waals surface area (Å²) in [5, 5.41) is 6.68. The minimum absolute atomic E-state index is 0.283. The summed E-state index contributed by atoms with van der Waals surface area (Å²) in [5.74, 6) is -0.670. The molecule has 5 rings (SSSR count). The number of benzene rings is 2. The standard InChI is InChI=1S/C24H24N4O3S/c1-15(28-22(30)24(27-23(28)31)12-4-5-13-24)21(29)25-17-10-8-16(9-11-17)14-20-26-18-6-2-3-7-19(18)32-20/h2-3,6-11,15H,4-5,12-14H2,1H3,(H,25,29)(H,27,31). The summed E-state index contributed by atoms with van der Waals surface area (Å²) in [5.41, 5.74) is 1.91. The number of urea groups is 1. The summed E-state index contributed by atoms with van der Waals surface area (Å²) >= 11 is 1.68. The first kappa shape index (κ1) is 20.6. The van der Waals surface area contributed by atoms with Gasteiger partial charge in [-0.25, -0.2) is 14.7 Å². The lowest BCUT2D eigenvalue weighted by Gasteiger charge is -2.23. The Bertz CT molecular complexity index is 1160. The Balaban J connectivity index is 1.23. The monoisotopic (exact) mass is 448 g/mol. The van der Waals surface area contributed by atoms with Gasteiger partial charge in [0.05, 0.1) is 15.2 Å². The highest BCUT2D eigenvalue weighted by Crippen LogP contribution is 2.36. The van der Waals surface area contributed by atoms with Crippen LogP contribution >= 0.6 is 11.3 Å². The van der Waals surface area contributed by atoms with Crippen molar-refractivity contribution in [2.45, 2.75) is 50.6 Å². The van der Waals surface area contributed by atoms with Crippen molar-refractivity contribution in [3.63, 3.8) is 0 Å². The molecule has 32 heavy (non-hydrogen) atoms. The van der Waals surface area contributed by atoms with E-state index in [1.807, 2.05) is 42.5 Å². The van der Waals surface area contributed by atoms with Gasteiger partial charge in [-0.2, -0.15) is 0 Å². The van der Waals surface area contributed by atoms with Crippen molar-refractivity contribution in [3.8, 4) is 0 Å². The second-order valence-electron chi connectivity index (χ2n) is 8.51. The van der Waals surface area contributed by atoms with E-state index < -0.39 is 17.6 Å². The van der Waals surface area contributed by atoms with Gasteiger partial charge in [-0.15, -0.1) is 11.3 Å². The van der Waals surface area contributed by atoms with Crippen molar-refractivity contribution in [2.24, 2.45) is 0 Å². The summed E-state index contributed by atoms with van der Waals surface area (Å²) in [6.07, 6.45) is 3.80. The van der Waals surface area contributed by atoms with E-state index in [0.29, 0.717) is 24.9 Å². The van der Waals surface area contributed by atoms with Crippen LogP contribution in [-0.2, 0) is 16.0 Å². The molecule has 1 aromatic heterocycles. The Morgan fingerprint density at radius 3 is 2.59 bits per heavy atom. The number of carbonyl (C=O) groups is 3. The zero-order valence-corrected chi connectivity index (χ0v) is 18.6. The molecular formula is C24H24N4O3S. The molecule has 3 aromatic rings. The third-order valence-corrected chi connectivity index (χ3v) is 7.37. The molecule has 1 saturated heterocycles. The Morgan fingerprint density at radius 1 is 1.16 bits per heavy atom. The number of para-hydroxylation sites is 1. The van der Waals surface area contributed by atoms with E-state index >= 15 is 0 Å². The summed E-state index contributed by atoms with van der Waals surface area (Å²) in [6, 6.07) is 14.3. The van der Waals surface area contributed by atoms with Gasteiger partial charge in [0.15, 0.2) is 0 Å². The molecule has 1 atom stereocenters. The van der Waals surface area contributed by atoms with Crippen molar-refractivity contribution in [1.82, 2.24) is 15.2 Å². The number of nitrogens with one attached hydrogen (secondary N) is 2. The highest BCUT2D eigenvalue weighted by molar-refractivity contribution is 7.18. The van der Waals surface area contributed by atoms with Crippen molar-refractivity contribution >= 4 is 45.1 Å². The fourth-order valence-corrected chi connectivity index (χ4v) is 5.55. The maximum atomic E-state index is 12.9. The fraction of sp³-hybridized carbons (Fsp3) is 0.333. The van der Waals surface area contributed by atoms with Gasteiger partial charge in [-0.1, -0.05) is 37.1 Å². The van der Waals surface area contributed by atoms with Crippen LogP contribution < -0.4 is 10.6 Å². The minimum atomic E-state index is -0.884. The van der Waals surface area contributed by atoms with Crippen LogP contribution in [-0.4, -0.2) is 39.3 Å². The lowest BCUT2D eigenvalue weighted by Crippen LogP contribution is -2.48. The van der Waals surface area contributed by atoms with Gasteiger partial charge in [0.25, 0.3) is 5.91 Å². The molecule has 1 saturated carbocycles. The molecule has 8 heteroatoms. The molecule has 0 bridgehead atoms. The Hall–Kier alpha value is -3.26. The minimum Gasteiger partial charge on any atom is -0.324 e. The first-order valence-corrected chi connectivity index (χ1v) is 11.7. The van der Waals surface area contributed by atoms with Gasteiger partial charge in [0, 0.05) is 12.1 Å². The highest BCUT2D eigenvalue weighted by Gasteiger charge is 2.54. The molecule has 1 aliphatic carbocycles. The van der Waals surface area contributed by atoms with Gasteiger partial charge in [-0.05, 0) is 49.6 Å². The van der Waals surface area contributed by atoms with E-state index in [1.54, 1.807) is 18.3 Å². The number of anilines is 1. The van der Waals surface area contributed by atoms with Crippen LogP contribution in [0, 0.1) is 0 Å². The van der Waals surface area contributed by atoms with Crippen molar-refractivity contribution in [2.75, 3.05) is 5.32 Å². The van der Waals surface area contributed by atoms with E-state index in [2.05, 4.69) is 21.7 Å². The summed E-state index contributed by atoms with van der Waals surface area (Å²) in [4.78, 5) is 43.8. The number of rotatable bonds is 5. The highest BCUT2D eigenvalue weighted by atomic mass is 32.1. The van der Waals surface area contributed by atoms with E-state index in [-0.39, 0.29) is 11.8 Å². The third-order valence-electron chi connectivity index (χ3n) is 6.33. The second kappa shape index (κ2) is 8.02. The van der Waals surface area contributed by atoms with Crippen molar-refractivity contribution in [3.05, 3.63) is 59.1 Å². The van der Waals surface area contributed by atoms with Gasteiger partial charge < -0.3 is 10.6 Å². The SMILES string of the molecule is CC(C(=O)Nc1ccc(Cc2nc3ccccc3s2)cc1)N1C(=O)NC2(CCCC2)C1=O. The van der Waals surface area contributed by atoms with Crippen LogP contribution in [0.1, 0.15) is 43.2 Å². The Labute approximate surface area is 189 Å². The van der Waals surface area contributed by atoms with Gasteiger partial charge in [0.2, 0.25) is 5.91 Å². The van der Waals surface area contributed by atoms with Crippen LogP contribution in [0.3, 0.4) is 0 Å². The quantitative estimate of drug-likeness (QED) is 0.576. The van der Waals surface area contributed by atoms with E-state index in [9.17, 15) is 14.4 Å². The maximum Gasteiger partial charge on any atom is 0.325 e. The molecular weight excluding hydrogens is 424 g/mol. The molecule has 1 aliphatic heterocycles. The first-order chi connectivity index (χ1) is 15.4. The molecule has 7 nitrogen and oxygen atoms in total. The third kappa shape index (κ3) is 3.64. The first-order valence-electron chi connectivity index (χ1n) is 10.9. The Morgan fingerprint density at radius 2 is 1.88 bits per heavy atom. The number of nitrogens with zero attached hydrogens (tertiary/aromatic N) is 2.